The van der Waals surface area contributed by atoms with Gasteiger partial charge in [0.2, 0.25) is 5.95 Å². The second kappa shape index (κ2) is 8.48. The summed E-state index contributed by atoms with van der Waals surface area (Å²) in [4.78, 5) is 17.7. The normalized spacial score (nSPS) is 11.0. The van der Waals surface area contributed by atoms with Gasteiger partial charge in [-0.15, -0.1) is 11.8 Å². The SMILES string of the molecule is COc1nc(NCCc2ccc(F)cc2)nc(-c2cc3ccc(SC)cc3[nH]2)n1. The molecule has 0 unspecified atom stereocenters. The highest BCUT2D eigenvalue weighted by Crippen LogP contribution is 2.26. The largest absolute Gasteiger partial charge is 0.467 e. The number of benzene rings is 2. The predicted octanol–water partition coefficient (Wildman–Crippen LogP) is 4.54. The summed E-state index contributed by atoms with van der Waals surface area (Å²) in [5.41, 5.74) is 2.85. The van der Waals surface area contributed by atoms with Crippen molar-refractivity contribution in [1.82, 2.24) is 19.9 Å². The third-order valence-corrected chi connectivity index (χ3v) is 5.20. The molecule has 29 heavy (non-hydrogen) atoms. The summed E-state index contributed by atoms with van der Waals surface area (Å²) in [5.74, 6) is 0.692. The van der Waals surface area contributed by atoms with E-state index in [9.17, 15) is 4.39 Å². The van der Waals surface area contributed by atoms with Crippen LogP contribution in [0.1, 0.15) is 5.56 Å². The van der Waals surface area contributed by atoms with E-state index in [0.29, 0.717) is 24.7 Å². The third-order valence-electron chi connectivity index (χ3n) is 4.48. The first-order chi connectivity index (χ1) is 14.1. The first-order valence-electron chi connectivity index (χ1n) is 9.10. The summed E-state index contributed by atoms with van der Waals surface area (Å²) >= 11 is 1.69. The molecule has 0 fully saturated rings. The van der Waals surface area contributed by atoms with E-state index in [2.05, 4.69) is 43.5 Å². The summed E-state index contributed by atoms with van der Waals surface area (Å²) < 4.78 is 18.3. The number of thioether (sulfide) groups is 1. The number of H-pyrrole nitrogens is 1. The van der Waals surface area contributed by atoms with Crippen LogP contribution in [0.4, 0.5) is 10.3 Å². The highest BCUT2D eigenvalue weighted by Gasteiger charge is 2.12. The molecular weight excluding hydrogens is 389 g/mol. The number of nitrogens with one attached hydrogen (secondary N) is 2. The van der Waals surface area contributed by atoms with E-state index >= 15 is 0 Å². The summed E-state index contributed by atoms with van der Waals surface area (Å²) in [7, 11) is 1.53. The van der Waals surface area contributed by atoms with E-state index in [-0.39, 0.29) is 11.8 Å². The second-order valence-corrected chi connectivity index (χ2v) is 7.29. The zero-order valence-electron chi connectivity index (χ0n) is 16.1. The van der Waals surface area contributed by atoms with Gasteiger partial charge in [-0.1, -0.05) is 18.2 Å². The molecule has 0 spiro atoms. The minimum absolute atomic E-state index is 0.239. The maximum Gasteiger partial charge on any atom is 0.321 e. The number of anilines is 1. The summed E-state index contributed by atoms with van der Waals surface area (Å²) in [6.07, 6.45) is 2.76. The lowest BCUT2D eigenvalue weighted by Gasteiger charge is -2.08. The van der Waals surface area contributed by atoms with Crippen LogP contribution in [0, 0.1) is 5.82 Å². The molecule has 0 atom stereocenters. The smallest absolute Gasteiger partial charge is 0.321 e. The Morgan fingerprint density at radius 2 is 1.90 bits per heavy atom. The van der Waals surface area contributed by atoms with E-state index in [1.54, 1.807) is 23.9 Å². The average molecular weight is 409 g/mol. The van der Waals surface area contributed by atoms with E-state index in [4.69, 9.17) is 4.74 Å². The van der Waals surface area contributed by atoms with Crippen LogP contribution in [0.25, 0.3) is 22.4 Å². The molecule has 2 aromatic heterocycles. The molecule has 0 amide bonds. The first-order valence-corrected chi connectivity index (χ1v) is 10.3. The van der Waals surface area contributed by atoms with Crippen LogP contribution < -0.4 is 10.1 Å². The van der Waals surface area contributed by atoms with Gasteiger partial charge >= 0.3 is 6.01 Å². The van der Waals surface area contributed by atoms with Gasteiger partial charge in [0.1, 0.15) is 5.82 Å². The summed E-state index contributed by atoms with van der Waals surface area (Å²) in [6.45, 7) is 0.599. The molecule has 2 heterocycles. The quantitative estimate of drug-likeness (QED) is 0.436. The number of nitrogens with zero attached hydrogens (tertiary/aromatic N) is 3. The van der Waals surface area contributed by atoms with Gasteiger partial charge in [0, 0.05) is 22.3 Å². The van der Waals surface area contributed by atoms with Crippen LogP contribution in [0.15, 0.2) is 53.4 Å². The van der Waals surface area contributed by atoms with Gasteiger partial charge in [-0.2, -0.15) is 15.0 Å². The maximum atomic E-state index is 13.0. The molecule has 2 N–H and O–H groups in total. The fourth-order valence-electron chi connectivity index (χ4n) is 2.97. The topological polar surface area (TPSA) is 75.7 Å². The molecule has 2 aromatic carbocycles. The molecule has 0 aliphatic rings. The fraction of sp³-hybridized carbons (Fsp3) is 0.190. The first kappa shape index (κ1) is 19.2. The Bertz CT molecular complexity index is 1130. The van der Waals surface area contributed by atoms with Gasteiger partial charge in [0.05, 0.1) is 12.8 Å². The molecule has 4 aromatic rings. The minimum Gasteiger partial charge on any atom is -0.467 e. The number of methoxy groups -OCH3 is 1. The average Bonchev–Trinajstić information content (AvgIpc) is 3.18. The van der Waals surface area contributed by atoms with Crippen molar-refractivity contribution < 1.29 is 9.13 Å². The second-order valence-electron chi connectivity index (χ2n) is 6.41. The lowest BCUT2D eigenvalue weighted by atomic mass is 10.1. The molecule has 0 saturated heterocycles. The number of hydrogen-bond donors (Lipinski definition) is 2. The summed E-state index contributed by atoms with van der Waals surface area (Å²) in [6, 6.07) is 15.0. The lowest BCUT2D eigenvalue weighted by molar-refractivity contribution is 0.379. The van der Waals surface area contributed by atoms with Crippen molar-refractivity contribution in [2.75, 3.05) is 25.2 Å². The number of halogens is 1. The van der Waals surface area contributed by atoms with Crippen LogP contribution in [-0.4, -0.2) is 39.8 Å². The van der Waals surface area contributed by atoms with Gasteiger partial charge in [-0.3, -0.25) is 0 Å². The Labute approximate surface area is 172 Å². The monoisotopic (exact) mass is 409 g/mol. The molecule has 6 nitrogen and oxygen atoms in total. The van der Waals surface area contributed by atoms with Crippen LogP contribution in [0.5, 0.6) is 6.01 Å². The number of rotatable bonds is 7. The van der Waals surface area contributed by atoms with E-state index in [0.717, 1.165) is 22.2 Å². The Morgan fingerprint density at radius 1 is 1.07 bits per heavy atom. The number of hydrogen-bond acceptors (Lipinski definition) is 6. The molecule has 0 aliphatic heterocycles. The molecule has 148 valence electrons. The zero-order valence-corrected chi connectivity index (χ0v) is 16.9. The molecule has 0 radical (unpaired) electrons. The molecule has 4 rings (SSSR count). The van der Waals surface area contributed by atoms with Crippen molar-refractivity contribution in [3.8, 4) is 17.5 Å². The molecule has 0 saturated carbocycles. The van der Waals surface area contributed by atoms with E-state index in [1.807, 2.05) is 12.3 Å². The van der Waals surface area contributed by atoms with Crippen LogP contribution >= 0.6 is 11.8 Å². The van der Waals surface area contributed by atoms with Gasteiger partial charge in [0.25, 0.3) is 0 Å². The summed E-state index contributed by atoms with van der Waals surface area (Å²) in [5, 5.41) is 4.28. The Morgan fingerprint density at radius 3 is 2.66 bits per heavy atom. The highest BCUT2D eigenvalue weighted by molar-refractivity contribution is 7.98. The standard InChI is InChI=1S/C21H20FN5OS/c1-28-21-26-19(18-11-14-5-8-16(29-2)12-17(14)24-18)25-20(27-21)23-10-9-13-3-6-15(22)7-4-13/h3-8,11-12,24H,9-10H2,1-2H3,(H,23,25,26,27). The number of fused-ring (bicyclic) bond motifs is 1. The van der Waals surface area contributed by atoms with Crippen molar-refractivity contribution in [1.29, 1.82) is 0 Å². The van der Waals surface area contributed by atoms with Crippen LogP contribution in [0.3, 0.4) is 0 Å². The van der Waals surface area contributed by atoms with Gasteiger partial charge < -0.3 is 15.0 Å². The highest BCUT2D eigenvalue weighted by atomic mass is 32.2. The van der Waals surface area contributed by atoms with Crippen molar-refractivity contribution >= 4 is 28.6 Å². The fourth-order valence-corrected chi connectivity index (χ4v) is 3.41. The van der Waals surface area contributed by atoms with Gasteiger partial charge in [-0.25, -0.2) is 4.39 Å². The Hall–Kier alpha value is -3.13. The van der Waals surface area contributed by atoms with Crippen molar-refractivity contribution in [3.05, 3.63) is 59.9 Å². The van der Waals surface area contributed by atoms with Crippen molar-refractivity contribution in [2.45, 2.75) is 11.3 Å². The predicted molar refractivity (Wildman–Crippen MR) is 114 cm³/mol. The van der Waals surface area contributed by atoms with E-state index in [1.165, 1.54) is 24.1 Å². The molecule has 0 aliphatic carbocycles. The number of aromatic nitrogens is 4. The minimum atomic E-state index is -0.239. The van der Waals surface area contributed by atoms with Crippen LogP contribution in [0.2, 0.25) is 0 Å². The maximum absolute atomic E-state index is 13.0. The molecule has 0 bridgehead atoms. The Balaban J connectivity index is 1.55. The molecular formula is C21H20FN5OS. The zero-order chi connectivity index (χ0) is 20.2. The van der Waals surface area contributed by atoms with Gasteiger partial charge in [0.15, 0.2) is 5.82 Å². The van der Waals surface area contributed by atoms with E-state index < -0.39 is 0 Å². The van der Waals surface area contributed by atoms with Crippen molar-refractivity contribution in [2.24, 2.45) is 0 Å². The van der Waals surface area contributed by atoms with Crippen LogP contribution in [-0.2, 0) is 6.42 Å². The third kappa shape index (κ3) is 4.48. The van der Waals surface area contributed by atoms with Crippen molar-refractivity contribution in [3.63, 3.8) is 0 Å². The van der Waals surface area contributed by atoms with Gasteiger partial charge in [-0.05, 0) is 48.6 Å². The number of aromatic amines is 1. The Kier molecular flexibility index (Phi) is 5.62. The molecule has 8 heteroatoms. The lowest BCUT2D eigenvalue weighted by Crippen LogP contribution is -2.10. The number of ether oxygens (including phenoxy) is 1.